The highest BCUT2D eigenvalue weighted by Crippen LogP contribution is 2.31. The van der Waals surface area contributed by atoms with E-state index in [2.05, 4.69) is 20.4 Å². The van der Waals surface area contributed by atoms with E-state index in [1.165, 1.54) is 0 Å². The summed E-state index contributed by atoms with van der Waals surface area (Å²) >= 11 is 6.25. The largest absolute Gasteiger partial charge is 0.360 e. The van der Waals surface area contributed by atoms with Gasteiger partial charge in [0.1, 0.15) is 22.8 Å². The first-order valence-electron chi connectivity index (χ1n) is 8.53. The van der Waals surface area contributed by atoms with Gasteiger partial charge in [0.2, 0.25) is 0 Å². The molecule has 0 aliphatic carbocycles. The molecule has 0 aliphatic heterocycles. The highest BCUT2D eigenvalue weighted by Gasteiger charge is 2.23. The van der Waals surface area contributed by atoms with Crippen LogP contribution in [0.15, 0.2) is 71.5 Å². The molecule has 0 aliphatic rings. The molecule has 0 fully saturated rings. The van der Waals surface area contributed by atoms with Gasteiger partial charge in [-0.25, -0.2) is 4.98 Å². The van der Waals surface area contributed by atoms with Gasteiger partial charge in [-0.2, -0.15) is 0 Å². The first-order valence-corrected chi connectivity index (χ1v) is 8.91. The topological polar surface area (TPSA) is 80.9 Å². The smallest absolute Gasteiger partial charge is 0.262 e. The molecule has 0 saturated carbocycles. The zero-order chi connectivity index (χ0) is 19.5. The van der Waals surface area contributed by atoms with E-state index in [0.717, 1.165) is 11.3 Å². The fourth-order valence-electron chi connectivity index (χ4n) is 2.81. The Balaban J connectivity index is 1.60. The van der Waals surface area contributed by atoms with Crippen LogP contribution in [0, 0.1) is 6.92 Å². The Morgan fingerprint density at radius 1 is 1.04 bits per heavy atom. The lowest BCUT2D eigenvalue weighted by molar-refractivity contribution is 0.102. The SMILES string of the molecule is Cc1onc(-c2ccccc2Cl)c1C(=O)Nc1ccc(-c2ccccn2)cn1. The van der Waals surface area contributed by atoms with Gasteiger partial charge in [0.25, 0.3) is 5.91 Å². The van der Waals surface area contributed by atoms with Crippen molar-refractivity contribution in [3.05, 3.63) is 83.3 Å². The van der Waals surface area contributed by atoms with Crippen LogP contribution in [0.3, 0.4) is 0 Å². The Bertz CT molecular complexity index is 1120. The lowest BCUT2D eigenvalue weighted by atomic mass is 10.1. The number of halogens is 1. The average Bonchev–Trinajstić information content (AvgIpc) is 3.11. The molecule has 0 saturated heterocycles. The van der Waals surface area contributed by atoms with E-state index in [-0.39, 0.29) is 5.91 Å². The second-order valence-electron chi connectivity index (χ2n) is 6.04. The number of amides is 1. The van der Waals surface area contributed by atoms with Crippen LogP contribution in [-0.4, -0.2) is 21.0 Å². The lowest BCUT2D eigenvalue weighted by Gasteiger charge is -2.07. The van der Waals surface area contributed by atoms with Crippen LogP contribution in [0.2, 0.25) is 5.02 Å². The molecule has 1 N–H and O–H groups in total. The molecule has 0 bridgehead atoms. The van der Waals surface area contributed by atoms with Crippen LogP contribution in [-0.2, 0) is 0 Å². The molecule has 1 aromatic carbocycles. The van der Waals surface area contributed by atoms with E-state index in [9.17, 15) is 4.79 Å². The molecule has 0 radical (unpaired) electrons. The van der Waals surface area contributed by atoms with Gasteiger partial charge in [0.05, 0.1) is 10.7 Å². The summed E-state index contributed by atoms with van der Waals surface area (Å²) in [6.45, 7) is 1.68. The van der Waals surface area contributed by atoms with Crippen molar-refractivity contribution in [2.45, 2.75) is 6.92 Å². The number of nitrogens with one attached hydrogen (secondary N) is 1. The van der Waals surface area contributed by atoms with E-state index in [4.69, 9.17) is 16.1 Å². The highest BCUT2D eigenvalue weighted by atomic mass is 35.5. The Morgan fingerprint density at radius 3 is 2.57 bits per heavy atom. The number of aromatic nitrogens is 3. The first kappa shape index (κ1) is 17.9. The molecule has 3 heterocycles. The van der Waals surface area contributed by atoms with Crippen molar-refractivity contribution in [3.63, 3.8) is 0 Å². The standard InChI is InChI=1S/C21H15ClN4O2/c1-13-19(20(26-28-13)15-6-2-3-7-16(15)22)21(27)25-18-10-9-14(12-24-18)17-8-4-5-11-23-17/h2-12H,1H3,(H,24,25,27). The Morgan fingerprint density at radius 2 is 1.86 bits per heavy atom. The summed E-state index contributed by atoms with van der Waals surface area (Å²) < 4.78 is 5.24. The zero-order valence-electron chi connectivity index (χ0n) is 14.9. The van der Waals surface area contributed by atoms with Crippen molar-refractivity contribution in [2.24, 2.45) is 0 Å². The molecule has 7 heteroatoms. The number of carbonyl (C=O) groups is 1. The predicted molar refractivity (Wildman–Crippen MR) is 107 cm³/mol. The van der Waals surface area contributed by atoms with Gasteiger partial charge < -0.3 is 9.84 Å². The van der Waals surface area contributed by atoms with Gasteiger partial charge in [0.15, 0.2) is 0 Å². The van der Waals surface area contributed by atoms with Gasteiger partial charge in [-0.15, -0.1) is 0 Å². The number of pyridine rings is 2. The predicted octanol–water partition coefficient (Wildman–Crippen LogP) is 5.01. The number of hydrogen-bond donors (Lipinski definition) is 1. The number of nitrogens with zero attached hydrogens (tertiary/aromatic N) is 3. The summed E-state index contributed by atoms with van der Waals surface area (Å²) in [5.41, 5.74) is 3.01. The van der Waals surface area contributed by atoms with Crippen LogP contribution in [0.5, 0.6) is 0 Å². The third-order valence-corrected chi connectivity index (χ3v) is 4.51. The molecule has 3 aromatic heterocycles. The number of rotatable bonds is 4. The second kappa shape index (κ2) is 7.62. The number of carbonyl (C=O) groups excluding carboxylic acids is 1. The maximum absolute atomic E-state index is 12.8. The van der Waals surface area contributed by atoms with Crippen molar-refractivity contribution in [2.75, 3.05) is 5.32 Å². The molecule has 6 nitrogen and oxygen atoms in total. The van der Waals surface area contributed by atoms with Crippen LogP contribution in [0.1, 0.15) is 16.1 Å². The van der Waals surface area contributed by atoms with E-state index in [1.807, 2.05) is 36.4 Å². The van der Waals surface area contributed by atoms with Gasteiger partial charge in [-0.1, -0.05) is 41.0 Å². The summed E-state index contributed by atoms with van der Waals surface area (Å²) in [5.74, 6) is 0.444. The molecule has 0 atom stereocenters. The minimum atomic E-state index is -0.369. The maximum Gasteiger partial charge on any atom is 0.262 e. The van der Waals surface area contributed by atoms with E-state index in [0.29, 0.717) is 33.4 Å². The van der Waals surface area contributed by atoms with E-state index in [1.54, 1.807) is 37.5 Å². The van der Waals surface area contributed by atoms with Crippen molar-refractivity contribution >= 4 is 23.3 Å². The van der Waals surface area contributed by atoms with Gasteiger partial charge >= 0.3 is 0 Å². The summed E-state index contributed by atoms with van der Waals surface area (Å²) in [6.07, 6.45) is 3.38. The Kier molecular flexibility index (Phi) is 4.87. The fourth-order valence-corrected chi connectivity index (χ4v) is 3.03. The van der Waals surface area contributed by atoms with Crippen molar-refractivity contribution < 1.29 is 9.32 Å². The summed E-state index contributed by atoms with van der Waals surface area (Å²) in [7, 11) is 0. The highest BCUT2D eigenvalue weighted by molar-refractivity contribution is 6.33. The Hall–Kier alpha value is -3.51. The third kappa shape index (κ3) is 3.50. The summed E-state index contributed by atoms with van der Waals surface area (Å²) in [6, 6.07) is 16.4. The zero-order valence-corrected chi connectivity index (χ0v) is 15.6. The monoisotopic (exact) mass is 390 g/mol. The normalized spacial score (nSPS) is 10.6. The minimum absolute atomic E-state index is 0.323. The average molecular weight is 391 g/mol. The van der Waals surface area contributed by atoms with E-state index < -0.39 is 0 Å². The summed E-state index contributed by atoms with van der Waals surface area (Å²) in [4.78, 5) is 21.4. The van der Waals surface area contributed by atoms with Gasteiger partial charge in [-0.05, 0) is 37.3 Å². The van der Waals surface area contributed by atoms with Crippen LogP contribution in [0.4, 0.5) is 5.82 Å². The molecule has 1 amide bonds. The third-order valence-electron chi connectivity index (χ3n) is 4.18. The number of benzene rings is 1. The fraction of sp³-hybridized carbons (Fsp3) is 0.0476. The molecule has 0 spiro atoms. The molecule has 138 valence electrons. The van der Waals surface area contributed by atoms with Crippen molar-refractivity contribution in [1.29, 1.82) is 0 Å². The lowest BCUT2D eigenvalue weighted by Crippen LogP contribution is -2.14. The second-order valence-corrected chi connectivity index (χ2v) is 6.45. The number of hydrogen-bond acceptors (Lipinski definition) is 5. The number of aryl methyl sites for hydroxylation is 1. The number of anilines is 1. The molecular formula is C21H15ClN4O2. The minimum Gasteiger partial charge on any atom is -0.360 e. The van der Waals surface area contributed by atoms with Crippen LogP contribution < -0.4 is 5.32 Å². The molecular weight excluding hydrogens is 376 g/mol. The first-order chi connectivity index (χ1) is 13.6. The van der Waals surface area contributed by atoms with E-state index >= 15 is 0 Å². The van der Waals surface area contributed by atoms with Gasteiger partial charge in [0, 0.05) is 23.5 Å². The molecule has 4 aromatic rings. The maximum atomic E-state index is 12.8. The molecule has 28 heavy (non-hydrogen) atoms. The molecule has 0 unspecified atom stereocenters. The van der Waals surface area contributed by atoms with Crippen LogP contribution in [0.25, 0.3) is 22.5 Å². The van der Waals surface area contributed by atoms with Crippen LogP contribution >= 0.6 is 11.6 Å². The quantitative estimate of drug-likeness (QED) is 0.529. The Labute approximate surface area is 166 Å². The van der Waals surface area contributed by atoms with Crippen molar-refractivity contribution in [3.8, 4) is 22.5 Å². The summed E-state index contributed by atoms with van der Waals surface area (Å²) in [5, 5.41) is 7.28. The molecule has 4 rings (SSSR count). The van der Waals surface area contributed by atoms with Crippen molar-refractivity contribution in [1.82, 2.24) is 15.1 Å². The van der Waals surface area contributed by atoms with Gasteiger partial charge in [-0.3, -0.25) is 9.78 Å².